The van der Waals surface area contributed by atoms with Crippen molar-refractivity contribution in [1.29, 1.82) is 0 Å². The molecule has 0 aliphatic carbocycles. The summed E-state index contributed by atoms with van der Waals surface area (Å²) in [5, 5.41) is 10.1. The van der Waals surface area contributed by atoms with Gasteiger partial charge < -0.3 is 19.5 Å². The molecule has 7 heteroatoms. The average molecular weight is 397 g/mol. The van der Waals surface area contributed by atoms with E-state index in [1.54, 1.807) is 30.6 Å². The maximum absolute atomic E-state index is 13.4. The number of hydrogen-bond donors (Lipinski definition) is 1. The third-order valence-electron chi connectivity index (χ3n) is 5.64. The molecule has 0 radical (unpaired) electrons. The number of aromatic hydroxyl groups is 1. The molecule has 2 aliphatic rings. The summed E-state index contributed by atoms with van der Waals surface area (Å²) < 4.78 is 11.6. The Labute approximate surface area is 170 Å². The lowest BCUT2D eigenvalue weighted by Crippen LogP contribution is -2.53. The zero-order valence-electron chi connectivity index (χ0n) is 16.7. The van der Waals surface area contributed by atoms with Crippen LogP contribution in [-0.4, -0.2) is 77.9 Å². The van der Waals surface area contributed by atoms with Gasteiger partial charge in [0.2, 0.25) is 0 Å². The van der Waals surface area contributed by atoms with Gasteiger partial charge in [-0.2, -0.15) is 0 Å². The van der Waals surface area contributed by atoms with E-state index in [0.29, 0.717) is 18.7 Å². The minimum Gasteiger partial charge on any atom is -0.508 e. The minimum atomic E-state index is -0.240. The van der Waals surface area contributed by atoms with E-state index < -0.39 is 0 Å². The average Bonchev–Trinajstić information content (AvgIpc) is 2.76. The monoisotopic (exact) mass is 397 g/mol. The van der Waals surface area contributed by atoms with Crippen LogP contribution in [0.5, 0.6) is 5.75 Å². The predicted octanol–water partition coefficient (Wildman–Crippen LogP) is 2.01. The van der Waals surface area contributed by atoms with Crippen molar-refractivity contribution in [3.8, 4) is 5.75 Å². The number of aryl methyl sites for hydroxylation is 1. The fourth-order valence-electron chi connectivity index (χ4n) is 4.01. The van der Waals surface area contributed by atoms with Gasteiger partial charge in [-0.15, -0.1) is 0 Å². The number of phenols is 1. The van der Waals surface area contributed by atoms with Crippen LogP contribution in [0.3, 0.4) is 0 Å². The van der Waals surface area contributed by atoms with Crippen LogP contribution in [-0.2, 0) is 9.47 Å². The zero-order chi connectivity index (χ0) is 20.2. The number of ether oxygens (including phenoxy) is 2. The van der Waals surface area contributed by atoms with Crippen molar-refractivity contribution in [1.82, 2.24) is 14.8 Å². The first-order valence-corrected chi connectivity index (χ1v) is 10.1. The molecule has 1 aromatic heterocycles. The van der Waals surface area contributed by atoms with Crippen LogP contribution in [0.1, 0.15) is 27.5 Å². The lowest BCUT2D eigenvalue weighted by Gasteiger charge is -2.43. The number of carbonyl (C=O) groups is 1. The highest BCUT2D eigenvalue weighted by molar-refractivity contribution is 5.95. The maximum atomic E-state index is 13.4. The molecule has 7 nitrogen and oxygen atoms in total. The Hall–Kier alpha value is -2.48. The van der Waals surface area contributed by atoms with Gasteiger partial charge in [-0.25, -0.2) is 0 Å². The van der Waals surface area contributed by atoms with Crippen LogP contribution < -0.4 is 0 Å². The number of rotatable bonds is 4. The molecule has 3 heterocycles. The molecule has 1 aromatic carbocycles. The van der Waals surface area contributed by atoms with Gasteiger partial charge in [-0.05, 0) is 36.2 Å². The molecule has 0 unspecified atom stereocenters. The molecule has 2 saturated heterocycles. The summed E-state index contributed by atoms with van der Waals surface area (Å²) in [4.78, 5) is 21.8. The molecule has 2 atom stereocenters. The maximum Gasteiger partial charge on any atom is 0.254 e. The second-order valence-corrected chi connectivity index (χ2v) is 7.55. The van der Waals surface area contributed by atoms with Crippen LogP contribution in [0, 0.1) is 6.92 Å². The standard InChI is InChI=1S/C22H27N3O4/c1-16-4-5-17(13-19(16)26)22(27)25-9-12-29-20(15-24-7-10-28-11-8-24)21(25)18-3-2-6-23-14-18/h2-6,13-14,20-21,26H,7-12,15H2,1H3/t20-,21-/m0/s1. The number of carbonyl (C=O) groups excluding carboxylic acids is 1. The van der Waals surface area contributed by atoms with Crippen LogP contribution >= 0.6 is 0 Å². The van der Waals surface area contributed by atoms with Crippen molar-refractivity contribution in [2.24, 2.45) is 0 Å². The SMILES string of the molecule is Cc1ccc(C(=O)N2CCO[C@@H](CN3CCOCC3)[C@@H]2c2cccnc2)cc1O. The summed E-state index contributed by atoms with van der Waals surface area (Å²) in [5.74, 6) is 0.0244. The highest BCUT2D eigenvalue weighted by Crippen LogP contribution is 2.32. The van der Waals surface area contributed by atoms with E-state index in [-0.39, 0.29) is 23.8 Å². The molecule has 4 rings (SSSR count). The van der Waals surface area contributed by atoms with Crippen molar-refractivity contribution in [2.45, 2.75) is 19.1 Å². The number of phenolic OH excluding ortho intramolecular Hbond substituents is 1. The van der Waals surface area contributed by atoms with Gasteiger partial charge in [0, 0.05) is 44.1 Å². The van der Waals surface area contributed by atoms with Crippen molar-refractivity contribution in [3.05, 3.63) is 59.4 Å². The number of hydrogen-bond acceptors (Lipinski definition) is 6. The summed E-state index contributed by atoms with van der Waals surface area (Å²) in [6.45, 7) is 6.67. The molecule has 0 saturated carbocycles. The molecule has 0 spiro atoms. The van der Waals surface area contributed by atoms with E-state index in [0.717, 1.165) is 44.0 Å². The zero-order valence-corrected chi connectivity index (χ0v) is 16.7. The number of benzene rings is 1. The number of pyridine rings is 1. The lowest BCUT2D eigenvalue weighted by molar-refractivity contribution is -0.0819. The number of morpholine rings is 2. The van der Waals surface area contributed by atoms with E-state index in [1.165, 1.54) is 0 Å². The van der Waals surface area contributed by atoms with Crippen LogP contribution in [0.25, 0.3) is 0 Å². The molecule has 29 heavy (non-hydrogen) atoms. The normalized spacial score (nSPS) is 23.1. The van der Waals surface area contributed by atoms with E-state index in [9.17, 15) is 9.90 Å². The van der Waals surface area contributed by atoms with E-state index >= 15 is 0 Å². The van der Waals surface area contributed by atoms with Gasteiger partial charge in [0.05, 0.1) is 32.0 Å². The molecule has 2 aromatic rings. The van der Waals surface area contributed by atoms with Crippen molar-refractivity contribution in [3.63, 3.8) is 0 Å². The van der Waals surface area contributed by atoms with Crippen LogP contribution in [0.4, 0.5) is 0 Å². The number of aromatic nitrogens is 1. The van der Waals surface area contributed by atoms with Crippen molar-refractivity contribution >= 4 is 5.91 Å². The van der Waals surface area contributed by atoms with Crippen molar-refractivity contribution < 1.29 is 19.4 Å². The first-order chi connectivity index (χ1) is 14.1. The highest BCUT2D eigenvalue weighted by Gasteiger charge is 2.38. The molecule has 154 valence electrons. The summed E-state index contributed by atoms with van der Waals surface area (Å²) in [5.41, 5.74) is 2.18. The smallest absolute Gasteiger partial charge is 0.254 e. The molecule has 1 amide bonds. The Balaban J connectivity index is 1.63. The van der Waals surface area contributed by atoms with Crippen molar-refractivity contribution in [2.75, 3.05) is 46.0 Å². The van der Waals surface area contributed by atoms with Gasteiger partial charge in [-0.1, -0.05) is 12.1 Å². The van der Waals surface area contributed by atoms with Gasteiger partial charge in [0.1, 0.15) is 5.75 Å². The molecule has 0 bridgehead atoms. The first kappa shape index (κ1) is 19.8. The second kappa shape index (κ2) is 8.90. The highest BCUT2D eigenvalue weighted by atomic mass is 16.5. The van der Waals surface area contributed by atoms with Crippen LogP contribution in [0.15, 0.2) is 42.7 Å². The Morgan fingerprint density at radius 3 is 2.76 bits per heavy atom. The minimum absolute atomic E-state index is 0.107. The van der Waals surface area contributed by atoms with Crippen LogP contribution in [0.2, 0.25) is 0 Å². The fraction of sp³-hybridized carbons (Fsp3) is 0.455. The molecule has 1 N–H and O–H groups in total. The first-order valence-electron chi connectivity index (χ1n) is 10.1. The Kier molecular flexibility index (Phi) is 6.08. The number of amides is 1. The number of nitrogens with zero attached hydrogens (tertiary/aromatic N) is 3. The summed E-state index contributed by atoms with van der Waals surface area (Å²) >= 11 is 0. The third kappa shape index (κ3) is 4.42. The second-order valence-electron chi connectivity index (χ2n) is 7.55. The summed E-state index contributed by atoms with van der Waals surface area (Å²) in [6, 6.07) is 8.72. The summed E-state index contributed by atoms with van der Waals surface area (Å²) in [6.07, 6.45) is 3.38. The lowest BCUT2D eigenvalue weighted by atomic mass is 9.97. The Morgan fingerprint density at radius 2 is 2.03 bits per heavy atom. The fourth-order valence-corrected chi connectivity index (χ4v) is 4.01. The molecule has 2 fully saturated rings. The van der Waals surface area contributed by atoms with E-state index in [4.69, 9.17) is 9.47 Å². The third-order valence-corrected chi connectivity index (χ3v) is 5.64. The Bertz CT molecular complexity index is 839. The molecular formula is C22H27N3O4. The van der Waals surface area contributed by atoms with Gasteiger partial charge in [0.15, 0.2) is 0 Å². The van der Waals surface area contributed by atoms with E-state index in [1.807, 2.05) is 24.0 Å². The van der Waals surface area contributed by atoms with Gasteiger partial charge in [-0.3, -0.25) is 14.7 Å². The van der Waals surface area contributed by atoms with Gasteiger partial charge in [0.25, 0.3) is 5.91 Å². The summed E-state index contributed by atoms with van der Waals surface area (Å²) in [7, 11) is 0. The van der Waals surface area contributed by atoms with E-state index in [2.05, 4.69) is 9.88 Å². The largest absolute Gasteiger partial charge is 0.508 e. The predicted molar refractivity (Wildman–Crippen MR) is 108 cm³/mol. The Morgan fingerprint density at radius 1 is 1.21 bits per heavy atom. The molecular weight excluding hydrogens is 370 g/mol. The topological polar surface area (TPSA) is 75.1 Å². The molecule has 2 aliphatic heterocycles. The van der Waals surface area contributed by atoms with Gasteiger partial charge >= 0.3 is 0 Å². The quantitative estimate of drug-likeness (QED) is 0.851.